The van der Waals surface area contributed by atoms with Gasteiger partial charge in [-0.1, -0.05) is 111 Å². The van der Waals surface area contributed by atoms with Crippen molar-refractivity contribution in [2.24, 2.45) is 11.8 Å². The first kappa shape index (κ1) is 19.0. The third kappa shape index (κ3) is 14.2. The molecule has 0 aliphatic rings. The van der Waals surface area contributed by atoms with Gasteiger partial charge in [0.1, 0.15) is 0 Å². The summed E-state index contributed by atoms with van der Waals surface area (Å²) >= 11 is 0. The topological polar surface area (TPSA) is 0 Å². The summed E-state index contributed by atoms with van der Waals surface area (Å²) < 4.78 is 0. The van der Waals surface area contributed by atoms with Crippen LogP contribution in [0.2, 0.25) is 0 Å². The molecule has 0 nitrogen and oxygen atoms in total. The number of unbranched alkanes of at least 4 members (excludes halogenated alkanes) is 7. The normalized spacial score (nSPS) is 14.5. The molecule has 0 aliphatic heterocycles. The van der Waals surface area contributed by atoms with E-state index in [0.29, 0.717) is 0 Å². The summed E-state index contributed by atoms with van der Waals surface area (Å²) in [6, 6.07) is 0. The molecule has 19 heavy (non-hydrogen) atoms. The summed E-state index contributed by atoms with van der Waals surface area (Å²) in [6.45, 7) is 9.45. The van der Waals surface area contributed by atoms with Crippen molar-refractivity contribution in [1.29, 1.82) is 0 Å². The van der Waals surface area contributed by atoms with Crippen molar-refractivity contribution in [3.8, 4) is 0 Å². The van der Waals surface area contributed by atoms with E-state index in [9.17, 15) is 0 Å². The largest absolute Gasteiger partial charge is 0.0654 e. The van der Waals surface area contributed by atoms with Gasteiger partial charge in [0.25, 0.3) is 0 Å². The molecule has 0 fully saturated rings. The predicted octanol–water partition coefficient (Wildman–Crippen LogP) is 7.37. The average Bonchev–Trinajstić information content (AvgIpc) is 2.42. The molecule has 0 aliphatic carbocycles. The van der Waals surface area contributed by atoms with Crippen LogP contribution in [0, 0.1) is 11.8 Å². The molecule has 0 saturated heterocycles. The zero-order valence-electron chi connectivity index (χ0n) is 14.3. The van der Waals surface area contributed by atoms with Crippen molar-refractivity contribution >= 4 is 0 Å². The van der Waals surface area contributed by atoms with E-state index in [1.807, 2.05) is 0 Å². The maximum atomic E-state index is 2.45. The Morgan fingerprint density at radius 3 is 1.42 bits per heavy atom. The second kappa shape index (κ2) is 14.4. The van der Waals surface area contributed by atoms with Gasteiger partial charge in [-0.25, -0.2) is 0 Å². The highest BCUT2D eigenvalue weighted by molar-refractivity contribution is 4.56. The molecular formula is C19H40. The van der Waals surface area contributed by atoms with Gasteiger partial charge in [-0.2, -0.15) is 0 Å². The Labute approximate surface area is 123 Å². The van der Waals surface area contributed by atoms with Gasteiger partial charge in [-0.15, -0.1) is 0 Å². The molecule has 0 heteroatoms. The minimum Gasteiger partial charge on any atom is -0.0654 e. The van der Waals surface area contributed by atoms with E-state index in [-0.39, 0.29) is 0 Å². The Balaban J connectivity index is 3.16. The predicted molar refractivity (Wildman–Crippen MR) is 89.7 cm³/mol. The third-order valence-corrected chi connectivity index (χ3v) is 4.64. The molecule has 0 aromatic heterocycles. The lowest BCUT2D eigenvalue weighted by Crippen LogP contribution is -1.95. The van der Waals surface area contributed by atoms with Crippen LogP contribution in [0.4, 0.5) is 0 Å². The molecule has 0 saturated carbocycles. The zero-order chi connectivity index (χ0) is 14.3. The lowest BCUT2D eigenvalue weighted by Gasteiger charge is -2.11. The van der Waals surface area contributed by atoms with Crippen molar-refractivity contribution in [2.75, 3.05) is 0 Å². The van der Waals surface area contributed by atoms with Crippen LogP contribution in [-0.4, -0.2) is 0 Å². The van der Waals surface area contributed by atoms with E-state index in [4.69, 9.17) is 0 Å². The van der Waals surface area contributed by atoms with E-state index in [2.05, 4.69) is 27.7 Å². The first-order chi connectivity index (χ1) is 9.20. The van der Waals surface area contributed by atoms with Crippen LogP contribution in [0.3, 0.4) is 0 Å². The van der Waals surface area contributed by atoms with Gasteiger partial charge in [0.15, 0.2) is 0 Å². The van der Waals surface area contributed by atoms with Crippen LogP contribution in [0.5, 0.6) is 0 Å². The van der Waals surface area contributed by atoms with Crippen LogP contribution >= 0.6 is 0 Å². The Morgan fingerprint density at radius 1 is 0.526 bits per heavy atom. The van der Waals surface area contributed by atoms with E-state index in [0.717, 1.165) is 11.8 Å². The summed E-state index contributed by atoms with van der Waals surface area (Å²) in [5, 5.41) is 0. The Morgan fingerprint density at radius 2 is 0.947 bits per heavy atom. The van der Waals surface area contributed by atoms with Gasteiger partial charge in [-0.3, -0.25) is 0 Å². The van der Waals surface area contributed by atoms with Crippen molar-refractivity contribution < 1.29 is 0 Å². The smallest absolute Gasteiger partial charge is 0.0443 e. The second-order valence-electron chi connectivity index (χ2n) is 6.81. The van der Waals surface area contributed by atoms with Gasteiger partial charge < -0.3 is 0 Å². The number of hydrogen-bond donors (Lipinski definition) is 0. The third-order valence-electron chi connectivity index (χ3n) is 4.64. The Bertz CT molecular complexity index is 161. The molecular weight excluding hydrogens is 228 g/mol. The standard InChI is InChI=1S/C19H40/c1-5-7-8-12-16-19(4)17-14-11-9-10-13-15-18(3)6-2/h18-19H,5-17H2,1-4H3. The molecule has 0 heterocycles. The highest BCUT2D eigenvalue weighted by atomic mass is 14.1. The van der Waals surface area contributed by atoms with Gasteiger partial charge in [0.05, 0.1) is 0 Å². The van der Waals surface area contributed by atoms with Gasteiger partial charge >= 0.3 is 0 Å². The summed E-state index contributed by atoms with van der Waals surface area (Å²) in [4.78, 5) is 0. The van der Waals surface area contributed by atoms with Crippen molar-refractivity contribution in [1.82, 2.24) is 0 Å². The van der Waals surface area contributed by atoms with Crippen LogP contribution in [0.1, 0.15) is 111 Å². The highest BCUT2D eigenvalue weighted by Crippen LogP contribution is 2.18. The van der Waals surface area contributed by atoms with E-state index >= 15 is 0 Å². The van der Waals surface area contributed by atoms with Crippen LogP contribution in [-0.2, 0) is 0 Å². The van der Waals surface area contributed by atoms with E-state index in [1.54, 1.807) is 0 Å². The monoisotopic (exact) mass is 268 g/mol. The molecule has 2 unspecified atom stereocenters. The fourth-order valence-electron chi connectivity index (χ4n) is 2.78. The molecule has 0 radical (unpaired) electrons. The molecule has 0 amide bonds. The molecule has 0 N–H and O–H groups in total. The minimum atomic E-state index is 0.947. The average molecular weight is 269 g/mol. The first-order valence-corrected chi connectivity index (χ1v) is 9.20. The molecule has 0 aromatic rings. The first-order valence-electron chi connectivity index (χ1n) is 9.20. The highest BCUT2D eigenvalue weighted by Gasteiger charge is 2.02. The molecule has 0 spiro atoms. The van der Waals surface area contributed by atoms with Crippen molar-refractivity contribution in [3.05, 3.63) is 0 Å². The summed E-state index contributed by atoms with van der Waals surface area (Å²) in [7, 11) is 0. The lowest BCUT2D eigenvalue weighted by atomic mass is 9.95. The Hall–Kier alpha value is 0. The van der Waals surface area contributed by atoms with Gasteiger partial charge in [-0.05, 0) is 11.8 Å². The van der Waals surface area contributed by atoms with Gasteiger partial charge in [0, 0.05) is 0 Å². The summed E-state index contributed by atoms with van der Waals surface area (Å²) in [5.41, 5.74) is 0. The summed E-state index contributed by atoms with van der Waals surface area (Å²) in [6.07, 6.45) is 18.8. The SMILES string of the molecule is CCCCCCC(C)CCCCCCCC(C)CC. The molecule has 2 atom stereocenters. The second-order valence-corrected chi connectivity index (χ2v) is 6.81. The van der Waals surface area contributed by atoms with Crippen molar-refractivity contribution in [2.45, 2.75) is 111 Å². The quantitative estimate of drug-likeness (QED) is 0.288. The molecule has 116 valence electrons. The number of rotatable bonds is 14. The maximum absolute atomic E-state index is 2.45. The van der Waals surface area contributed by atoms with Crippen molar-refractivity contribution in [3.63, 3.8) is 0 Å². The van der Waals surface area contributed by atoms with Gasteiger partial charge in [0.2, 0.25) is 0 Å². The van der Waals surface area contributed by atoms with E-state index in [1.165, 1.54) is 83.5 Å². The molecule has 0 aromatic carbocycles. The van der Waals surface area contributed by atoms with Crippen LogP contribution < -0.4 is 0 Å². The molecule has 0 bridgehead atoms. The summed E-state index contributed by atoms with van der Waals surface area (Å²) in [5.74, 6) is 1.92. The fourth-order valence-corrected chi connectivity index (χ4v) is 2.78. The zero-order valence-corrected chi connectivity index (χ0v) is 14.3. The van der Waals surface area contributed by atoms with E-state index < -0.39 is 0 Å². The molecule has 0 rings (SSSR count). The van der Waals surface area contributed by atoms with Crippen LogP contribution in [0.15, 0.2) is 0 Å². The Kier molecular flexibility index (Phi) is 14.4. The maximum Gasteiger partial charge on any atom is -0.0443 e. The fraction of sp³-hybridized carbons (Fsp3) is 1.00. The van der Waals surface area contributed by atoms with Crippen LogP contribution in [0.25, 0.3) is 0 Å². The lowest BCUT2D eigenvalue weighted by molar-refractivity contribution is 0.427. The number of hydrogen-bond acceptors (Lipinski definition) is 0. The minimum absolute atomic E-state index is 0.947.